The molecule has 2 rings (SSSR count). The number of nitriles is 1. The summed E-state index contributed by atoms with van der Waals surface area (Å²) in [6.07, 6.45) is 3.23. The van der Waals surface area contributed by atoms with Gasteiger partial charge in [-0.15, -0.1) is 10.2 Å². The lowest BCUT2D eigenvalue weighted by molar-refractivity contribution is 0.787. The van der Waals surface area contributed by atoms with E-state index >= 15 is 0 Å². The number of pyridine rings is 1. The van der Waals surface area contributed by atoms with Crippen LogP contribution in [0.4, 0.5) is 0 Å². The Morgan fingerprint density at radius 1 is 1.53 bits per heavy atom. The van der Waals surface area contributed by atoms with E-state index in [4.69, 9.17) is 5.26 Å². The molecule has 15 heavy (non-hydrogen) atoms. The summed E-state index contributed by atoms with van der Waals surface area (Å²) in [5.74, 6) is 0. The zero-order valence-electron chi connectivity index (χ0n) is 7.95. The molecule has 2 heterocycles. The molecule has 0 saturated carbocycles. The molecule has 0 atom stereocenters. The number of hydrogen-bond donors (Lipinski definition) is 0. The highest BCUT2D eigenvalue weighted by atomic mass is 32.2. The van der Waals surface area contributed by atoms with E-state index in [1.165, 1.54) is 11.8 Å². The Morgan fingerprint density at radius 2 is 2.40 bits per heavy atom. The third-order valence-corrected chi connectivity index (χ3v) is 2.71. The van der Waals surface area contributed by atoms with E-state index in [0.29, 0.717) is 5.56 Å². The molecule has 0 aliphatic heterocycles. The number of rotatable bonds is 2. The minimum atomic E-state index is 0.592. The number of hydrogen-bond acceptors (Lipinski definition) is 5. The summed E-state index contributed by atoms with van der Waals surface area (Å²) in [7, 11) is 1.86. The first-order valence-electron chi connectivity index (χ1n) is 4.17. The van der Waals surface area contributed by atoms with Crippen molar-refractivity contribution in [1.82, 2.24) is 19.7 Å². The van der Waals surface area contributed by atoms with E-state index in [0.717, 1.165) is 10.2 Å². The van der Waals surface area contributed by atoms with Crippen LogP contribution in [-0.2, 0) is 7.05 Å². The Morgan fingerprint density at radius 3 is 3.07 bits per heavy atom. The molecule has 0 spiro atoms. The second-order valence-corrected chi connectivity index (χ2v) is 3.81. The molecule has 0 bridgehead atoms. The molecule has 5 nitrogen and oxygen atoms in total. The molecule has 74 valence electrons. The lowest BCUT2D eigenvalue weighted by Crippen LogP contribution is -1.89. The Hall–Kier alpha value is -1.87. The molecule has 0 N–H and O–H groups in total. The van der Waals surface area contributed by atoms with E-state index < -0.39 is 0 Å². The van der Waals surface area contributed by atoms with Crippen molar-refractivity contribution in [2.75, 3.05) is 0 Å². The van der Waals surface area contributed by atoms with Gasteiger partial charge in [0.2, 0.25) is 0 Å². The van der Waals surface area contributed by atoms with Crippen LogP contribution in [0, 0.1) is 11.3 Å². The van der Waals surface area contributed by atoms with Crippen molar-refractivity contribution in [3.05, 3.63) is 30.2 Å². The van der Waals surface area contributed by atoms with Crippen LogP contribution >= 0.6 is 11.8 Å². The molecular weight excluding hydrogens is 210 g/mol. The molecule has 6 heteroatoms. The minimum Gasteiger partial charge on any atom is -0.311 e. The second-order valence-electron chi connectivity index (χ2n) is 2.82. The van der Waals surface area contributed by atoms with Gasteiger partial charge < -0.3 is 4.57 Å². The highest BCUT2D eigenvalue weighted by Crippen LogP contribution is 2.23. The largest absolute Gasteiger partial charge is 0.311 e. The smallest absolute Gasteiger partial charge is 0.197 e. The Labute approximate surface area is 90.8 Å². The van der Waals surface area contributed by atoms with E-state index in [-0.39, 0.29) is 0 Å². The molecule has 0 radical (unpaired) electrons. The van der Waals surface area contributed by atoms with Crippen molar-refractivity contribution in [3.63, 3.8) is 0 Å². The Kier molecular flexibility index (Phi) is 2.65. The van der Waals surface area contributed by atoms with Gasteiger partial charge in [0.25, 0.3) is 0 Å². The molecule has 0 aliphatic rings. The van der Waals surface area contributed by atoms with Gasteiger partial charge in [0.05, 0.1) is 11.6 Å². The van der Waals surface area contributed by atoms with Crippen LogP contribution in [0.25, 0.3) is 0 Å². The molecule has 0 amide bonds. The molecule has 2 aromatic rings. The van der Waals surface area contributed by atoms with E-state index in [2.05, 4.69) is 21.3 Å². The van der Waals surface area contributed by atoms with Crippen molar-refractivity contribution in [3.8, 4) is 6.07 Å². The van der Waals surface area contributed by atoms with Crippen molar-refractivity contribution < 1.29 is 0 Å². The molecule has 0 unspecified atom stereocenters. The van der Waals surface area contributed by atoms with Crippen LogP contribution < -0.4 is 0 Å². The summed E-state index contributed by atoms with van der Waals surface area (Å²) < 4.78 is 1.80. The zero-order chi connectivity index (χ0) is 10.7. The quantitative estimate of drug-likeness (QED) is 0.756. The third kappa shape index (κ3) is 2.14. The Bertz CT molecular complexity index is 513. The Balaban J connectivity index is 2.25. The minimum absolute atomic E-state index is 0.592. The topological polar surface area (TPSA) is 67.4 Å². The van der Waals surface area contributed by atoms with Crippen molar-refractivity contribution in [2.24, 2.45) is 7.05 Å². The highest BCUT2D eigenvalue weighted by Gasteiger charge is 2.04. The van der Waals surface area contributed by atoms with E-state index in [1.807, 2.05) is 7.05 Å². The van der Waals surface area contributed by atoms with Crippen molar-refractivity contribution >= 4 is 11.8 Å². The molecule has 0 saturated heterocycles. The SMILES string of the molecule is Cn1cnnc1Sc1cc(C#N)ccn1. The normalized spacial score (nSPS) is 9.87. The van der Waals surface area contributed by atoms with Crippen LogP contribution in [0.1, 0.15) is 5.56 Å². The maximum atomic E-state index is 8.72. The summed E-state index contributed by atoms with van der Waals surface area (Å²) in [5, 5.41) is 17.9. The lowest BCUT2D eigenvalue weighted by atomic mass is 10.3. The summed E-state index contributed by atoms with van der Waals surface area (Å²) in [6.45, 7) is 0. The van der Waals surface area contributed by atoms with Gasteiger partial charge in [-0.25, -0.2) is 4.98 Å². The van der Waals surface area contributed by atoms with Crippen LogP contribution in [0.15, 0.2) is 34.8 Å². The second kappa shape index (κ2) is 4.11. The van der Waals surface area contributed by atoms with Gasteiger partial charge in [-0.1, -0.05) is 0 Å². The monoisotopic (exact) mass is 217 g/mol. The molecule has 2 aromatic heterocycles. The summed E-state index contributed by atoms with van der Waals surface area (Å²) >= 11 is 1.38. The van der Waals surface area contributed by atoms with Crippen LogP contribution in [0.3, 0.4) is 0 Å². The predicted octanol–water partition coefficient (Wildman–Crippen LogP) is 1.23. The van der Waals surface area contributed by atoms with Gasteiger partial charge in [-0.05, 0) is 23.9 Å². The van der Waals surface area contributed by atoms with Gasteiger partial charge >= 0.3 is 0 Å². The van der Waals surface area contributed by atoms with Crippen LogP contribution in [0.2, 0.25) is 0 Å². The van der Waals surface area contributed by atoms with Gasteiger partial charge in [0.1, 0.15) is 11.4 Å². The average Bonchev–Trinajstić information content (AvgIpc) is 2.65. The van der Waals surface area contributed by atoms with E-state index in [1.54, 1.807) is 29.2 Å². The summed E-state index contributed by atoms with van der Waals surface area (Å²) in [4.78, 5) is 4.13. The first kappa shape index (κ1) is 9.68. The number of aryl methyl sites for hydroxylation is 1. The number of nitrogens with zero attached hydrogens (tertiary/aromatic N) is 5. The fourth-order valence-electron chi connectivity index (χ4n) is 0.993. The number of aromatic nitrogens is 4. The molecule has 0 fully saturated rings. The molecule has 0 aromatic carbocycles. The average molecular weight is 217 g/mol. The highest BCUT2D eigenvalue weighted by molar-refractivity contribution is 7.99. The van der Waals surface area contributed by atoms with Gasteiger partial charge in [0.15, 0.2) is 5.16 Å². The van der Waals surface area contributed by atoms with E-state index in [9.17, 15) is 0 Å². The standard InChI is InChI=1S/C9H7N5S/c1-14-6-12-13-9(14)15-8-4-7(5-10)2-3-11-8/h2-4,6H,1H3. The maximum Gasteiger partial charge on any atom is 0.197 e. The first-order valence-corrected chi connectivity index (χ1v) is 4.99. The van der Waals surface area contributed by atoms with Crippen LogP contribution in [-0.4, -0.2) is 19.7 Å². The van der Waals surface area contributed by atoms with Crippen LogP contribution in [0.5, 0.6) is 0 Å². The predicted molar refractivity (Wildman–Crippen MR) is 54.1 cm³/mol. The third-order valence-electron chi connectivity index (χ3n) is 1.73. The maximum absolute atomic E-state index is 8.72. The van der Waals surface area contributed by atoms with Gasteiger partial charge in [-0.2, -0.15) is 5.26 Å². The molecular formula is C9H7N5S. The summed E-state index contributed by atoms with van der Waals surface area (Å²) in [6, 6.07) is 5.45. The van der Waals surface area contributed by atoms with Gasteiger partial charge in [0, 0.05) is 13.2 Å². The van der Waals surface area contributed by atoms with Gasteiger partial charge in [-0.3, -0.25) is 0 Å². The fraction of sp³-hybridized carbons (Fsp3) is 0.111. The summed E-state index contributed by atoms with van der Waals surface area (Å²) in [5.41, 5.74) is 0.592. The zero-order valence-corrected chi connectivity index (χ0v) is 8.77. The van der Waals surface area contributed by atoms with Crippen molar-refractivity contribution in [1.29, 1.82) is 5.26 Å². The fourth-order valence-corrected chi connectivity index (χ4v) is 1.76. The van der Waals surface area contributed by atoms with Crippen molar-refractivity contribution in [2.45, 2.75) is 10.2 Å². The first-order chi connectivity index (χ1) is 7.29. The lowest BCUT2D eigenvalue weighted by Gasteiger charge is -1.99. The molecule has 0 aliphatic carbocycles.